The van der Waals surface area contributed by atoms with Gasteiger partial charge in [-0.05, 0) is 48.9 Å². The molecule has 0 fully saturated rings. The highest BCUT2D eigenvalue weighted by atomic mass is 16.5. The van der Waals surface area contributed by atoms with Crippen LogP contribution in [0.5, 0.6) is 11.5 Å². The number of hydrogen-bond donors (Lipinski definition) is 4. The molecule has 2 aromatic carbocycles. The molecule has 2 rings (SSSR count). The molecule has 0 saturated heterocycles. The first-order chi connectivity index (χ1) is 13.4. The van der Waals surface area contributed by atoms with E-state index in [4.69, 9.17) is 25.4 Å². The Morgan fingerprint density at radius 1 is 1.14 bits per heavy atom. The number of nitrogen functional groups attached to an aromatic ring is 1. The summed E-state index contributed by atoms with van der Waals surface area (Å²) < 4.78 is 16.2. The summed E-state index contributed by atoms with van der Waals surface area (Å²) in [6, 6.07) is 10.7. The summed E-state index contributed by atoms with van der Waals surface area (Å²) in [6.45, 7) is 3.04. The third kappa shape index (κ3) is 5.88. The number of aliphatic carboxylic acids is 1. The van der Waals surface area contributed by atoms with Crippen molar-refractivity contribution in [3.63, 3.8) is 0 Å². The van der Waals surface area contributed by atoms with Crippen LogP contribution in [0.25, 0.3) is 0 Å². The van der Waals surface area contributed by atoms with Gasteiger partial charge in [-0.3, -0.25) is 5.41 Å². The minimum Gasteiger partial charge on any atom is -0.494 e. The number of amidine groups is 1. The Kier molecular flexibility index (Phi) is 7.65. The van der Waals surface area contributed by atoms with Crippen LogP contribution in [0.3, 0.4) is 0 Å². The van der Waals surface area contributed by atoms with Gasteiger partial charge in [0.1, 0.15) is 23.9 Å². The lowest BCUT2D eigenvalue weighted by Crippen LogP contribution is -2.21. The molecule has 0 unspecified atom stereocenters. The van der Waals surface area contributed by atoms with Gasteiger partial charge in [-0.1, -0.05) is 0 Å². The number of methoxy groups -OCH3 is 1. The molecule has 2 aromatic rings. The summed E-state index contributed by atoms with van der Waals surface area (Å²) in [5.74, 6) is -0.0823. The van der Waals surface area contributed by atoms with E-state index in [0.717, 1.165) is 0 Å². The van der Waals surface area contributed by atoms with Gasteiger partial charge in [0.15, 0.2) is 6.04 Å². The van der Waals surface area contributed by atoms with Gasteiger partial charge < -0.3 is 30.4 Å². The van der Waals surface area contributed by atoms with Gasteiger partial charge in [-0.15, -0.1) is 0 Å². The third-order valence-electron chi connectivity index (χ3n) is 3.86. The van der Waals surface area contributed by atoms with Crippen LogP contribution >= 0.6 is 0 Å². The highest BCUT2D eigenvalue weighted by Gasteiger charge is 2.21. The molecule has 0 aliphatic rings. The SMILES string of the molecule is CCOc1cc(OCCOC)cc([C@@H](Nc2ccc(C(=N)N)cc2)C(=O)O)c1. The molecular weight excluding hydrogens is 362 g/mol. The number of carboxylic acids is 1. The van der Waals surface area contributed by atoms with Crippen LogP contribution in [-0.2, 0) is 9.53 Å². The fraction of sp³-hybridized carbons (Fsp3) is 0.300. The second-order valence-electron chi connectivity index (χ2n) is 5.92. The highest BCUT2D eigenvalue weighted by Crippen LogP contribution is 2.29. The molecule has 0 aromatic heterocycles. The van der Waals surface area contributed by atoms with E-state index < -0.39 is 12.0 Å². The van der Waals surface area contributed by atoms with E-state index in [0.29, 0.717) is 48.1 Å². The summed E-state index contributed by atoms with van der Waals surface area (Å²) in [7, 11) is 1.58. The fourth-order valence-corrected chi connectivity index (χ4v) is 2.54. The minimum absolute atomic E-state index is 0.0522. The van der Waals surface area contributed by atoms with Gasteiger partial charge in [0.2, 0.25) is 0 Å². The molecule has 0 saturated carbocycles. The summed E-state index contributed by atoms with van der Waals surface area (Å²) in [4.78, 5) is 11.9. The van der Waals surface area contributed by atoms with Gasteiger partial charge in [0.25, 0.3) is 0 Å². The first-order valence-electron chi connectivity index (χ1n) is 8.78. The van der Waals surface area contributed by atoms with Crippen LogP contribution in [0.1, 0.15) is 24.1 Å². The number of ether oxygens (including phenoxy) is 3. The lowest BCUT2D eigenvalue weighted by molar-refractivity contribution is -0.138. The minimum atomic E-state index is -1.05. The van der Waals surface area contributed by atoms with Crippen LogP contribution in [0.2, 0.25) is 0 Å². The Morgan fingerprint density at radius 2 is 1.79 bits per heavy atom. The fourth-order valence-electron chi connectivity index (χ4n) is 2.54. The largest absolute Gasteiger partial charge is 0.494 e. The number of anilines is 1. The number of benzene rings is 2. The van der Waals surface area contributed by atoms with Crippen molar-refractivity contribution < 1.29 is 24.1 Å². The molecule has 0 heterocycles. The zero-order chi connectivity index (χ0) is 20.5. The van der Waals surface area contributed by atoms with Crippen molar-refractivity contribution >= 4 is 17.5 Å². The molecule has 0 spiro atoms. The first kappa shape index (κ1) is 21.0. The molecular formula is C20H25N3O5. The van der Waals surface area contributed by atoms with Crippen LogP contribution in [0, 0.1) is 5.41 Å². The van der Waals surface area contributed by atoms with Crippen molar-refractivity contribution in [1.29, 1.82) is 5.41 Å². The quantitative estimate of drug-likeness (QED) is 0.265. The molecule has 8 nitrogen and oxygen atoms in total. The molecule has 150 valence electrons. The average Bonchev–Trinajstić information content (AvgIpc) is 2.66. The van der Waals surface area contributed by atoms with Crippen molar-refractivity contribution in [1.82, 2.24) is 0 Å². The molecule has 8 heteroatoms. The summed E-state index contributed by atoms with van der Waals surface area (Å²) in [5.41, 5.74) is 7.08. The molecule has 5 N–H and O–H groups in total. The molecule has 28 heavy (non-hydrogen) atoms. The molecule has 0 aliphatic heterocycles. The van der Waals surface area contributed by atoms with Crippen LogP contribution < -0.4 is 20.5 Å². The maximum Gasteiger partial charge on any atom is 0.330 e. The summed E-state index contributed by atoms with van der Waals surface area (Å²) >= 11 is 0. The smallest absolute Gasteiger partial charge is 0.330 e. The Morgan fingerprint density at radius 3 is 2.32 bits per heavy atom. The molecule has 0 amide bonds. The average molecular weight is 387 g/mol. The van der Waals surface area contributed by atoms with Crippen molar-refractivity contribution in [3.8, 4) is 11.5 Å². The summed E-state index contributed by atoms with van der Waals surface area (Å²) in [6.07, 6.45) is 0. The number of nitrogens with two attached hydrogens (primary N) is 1. The maximum atomic E-state index is 11.9. The van der Waals surface area contributed by atoms with Crippen LogP contribution in [-0.4, -0.2) is 43.8 Å². The Labute approximate surface area is 163 Å². The molecule has 0 bridgehead atoms. The predicted molar refractivity (Wildman–Crippen MR) is 106 cm³/mol. The van der Waals surface area contributed by atoms with E-state index in [2.05, 4.69) is 5.32 Å². The van der Waals surface area contributed by atoms with Gasteiger partial charge in [-0.25, -0.2) is 4.79 Å². The Hall–Kier alpha value is -3.26. The number of nitrogens with one attached hydrogen (secondary N) is 2. The van der Waals surface area contributed by atoms with E-state index in [1.807, 2.05) is 6.92 Å². The number of hydrogen-bond acceptors (Lipinski definition) is 6. The normalized spacial score (nSPS) is 11.5. The van der Waals surface area contributed by atoms with Crippen molar-refractivity contribution in [2.24, 2.45) is 5.73 Å². The maximum absolute atomic E-state index is 11.9. The lowest BCUT2D eigenvalue weighted by Gasteiger charge is -2.19. The van der Waals surface area contributed by atoms with Crippen molar-refractivity contribution in [2.75, 3.05) is 32.2 Å². The molecule has 0 radical (unpaired) electrons. The number of carbonyl (C=O) groups is 1. The molecule has 1 atom stereocenters. The summed E-state index contributed by atoms with van der Waals surface area (Å²) in [5, 5.41) is 20.1. The van der Waals surface area contributed by atoms with E-state index in [9.17, 15) is 9.90 Å². The van der Waals surface area contributed by atoms with E-state index in [-0.39, 0.29) is 5.84 Å². The number of carboxylic acid groups (broad SMARTS) is 1. The van der Waals surface area contributed by atoms with E-state index in [1.54, 1.807) is 49.6 Å². The zero-order valence-corrected chi connectivity index (χ0v) is 15.9. The third-order valence-corrected chi connectivity index (χ3v) is 3.86. The van der Waals surface area contributed by atoms with Crippen molar-refractivity contribution in [3.05, 3.63) is 53.6 Å². The van der Waals surface area contributed by atoms with E-state index in [1.165, 1.54) is 0 Å². The molecule has 0 aliphatic carbocycles. The second kappa shape index (κ2) is 10.2. The second-order valence-corrected chi connectivity index (χ2v) is 5.92. The Balaban J connectivity index is 2.29. The highest BCUT2D eigenvalue weighted by molar-refractivity contribution is 5.95. The van der Waals surface area contributed by atoms with E-state index >= 15 is 0 Å². The van der Waals surface area contributed by atoms with Gasteiger partial charge in [0.05, 0.1) is 13.2 Å². The van der Waals surface area contributed by atoms with Gasteiger partial charge in [0, 0.05) is 24.4 Å². The predicted octanol–water partition coefficient (Wildman–Crippen LogP) is 2.63. The monoisotopic (exact) mass is 387 g/mol. The van der Waals surface area contributed by atoms with Crippen LogP contribution in [0.15, 0.2) is 42.5 Å². The zero-order valence-electron chi connectivity index (χ0n) is 15.9. The van der Waals surface area contributed by atoms with Crippen LogP contribution in [0.4, 0.5) is 5.69 Å². The number of rotatable bonds is 11. The van der Waals surface area contributed by atoms with Crippen molar-refractivity contribution in [2.45, 2.75) is 13.0 Å². The lowest BCUT2D eigenvalue weighted by atomic mass is 10.1. The first-order valence-corrected chi connectivity index (χ1v) is 8.78. The standard InChI is InChI=1S/C20H25N3O5/c1-3-27-16-10-14(11-17(12-16)28-9-8-26-2)18(20(24)25)23-15-6-4-13(5-7-15)19(21)22/h4-7,10-12,18,23H,3,8-9H2,1-2H3,(H3,21,22)(H,24,25)/t18-/m1/s1. The Bertz CT molecular complexity index is 808. The van der Waals surface area contributed by atoms with Gasteiger partial charge >= 0.3 is 5.97 Å². The van der Waals surface area contributed by atoms with Gasteiger partial charge in [-0.2, -0.15) is 0 Å². The topological polar surface area (TPSA) is 127 Å².